The first-order valence-electron chi connectivity index (χ1n) is 7.12. The molecule has 0 saturated heterocycles. The first-order valence-corrected chi connectivity index (χ1v) is 7.94. The van der Waals surface area contributed by atoms with Crippen molar-refractivity contribution >= 4 is 23.8 Å². The number of hydrogen-bond acceptors (Lipinski definition) is 3. The van der Waals surface area contributed by atoms with Crippen LogP contribution in [-0.4, -0.2) is 12.6 Å². The van der Waals surface area contributed by atoms with E-state index in [2.05, 4.69) is 0 Å². The molecule has 0 radical (unpaired) electrons. The molecule has 0 aromatic heterocycles. The Kier molecular flexibility index (Phi) is 6.52. The average Bonchev–Trinajstić information content (AvgIpc) is 2.55. The van der Waals surface area contributed by atoms with Crippen LogP contribution < -0.4 is 0 Å². The van der Waals surface area contributed by atoms with Crippen molar-refractivity contribution in [2.75, 3.05) is 6.61 Å². The molecule has 2 aromatic carbocycles. The molecule has 2 rings (SSSR count). The van der Waals surface area contributed by atoms with Crippen molar-refractivity contribution in [1.29, 1.82) is 0 Å². The number of rotatable bonds is 6. The maximum absolute atomic E-state index is 11.7. The molecule has 3 heteroatoms. The number of allylic oxidation sites excluding steroid dienone is 1. The second kappa shape index (κ2) is 8.90. The fraction of sp³-hybridized carbons (Fsp3) is 0.105. The number of ether oxygens (including phenoxy) is 1. The molecule has 0 aliphatic rings. The van der Waals surface area contributed by atoms with Gasteiger partial charge in [-0.3, -0.25) is 0 Å². The van der Waals surface area contributed by atoms with Crippen LogP contribution in [0.5, 0.6) is 0 Å². The molecule has 0 amide bonds. The number of thioether (sulfide) groups is 1. The van der Waals surface area contributed by atoms with E-state index < -0.39 is 0 Å². The summed E-state index contributed by atoms with van der Waals surface area (Å²) in [5, 5.41) is 0. The standard InChI is InChI=1S/C19H18O2S/c1-2-21-19(20)15-18(22-17-11-7-4-8-12-17)14-13-16-9-5-3-6-10-16/h3-15H,2H2,1H3/b14-13+,18-15-. The van der Waals surface area contributed by atoms with Crippen molar-refractivity contribution in [1.82, 2.24) is 0 Å². The maximum Gasteiger partial charge on any atom is 0.331 e. The zero-order chi connectivity index (χ0) is 15.6. The van der Waals surface area contributed by atoms with Crippen molar-refractivity contribution in [2.24, 2.45) is 0 Å². The predicted octanol–water partition coefficient (Wildman–Crippen LogP) is 4.94. The topological polar surface area (TPSA) is 26.3 Å². The molecule has 22 heavy (non-hydrogen) atoms. The second-order valence-corrected chi connectivity index (χ2v) is 5.60. The Bertz CT molecular complexity index is 646. The van der Waals surface area contributed by atoms with Crippen molar-refractivity contribution < 1.29 is 9.53 Å². The van der Waals surface area contributed by atoms with Crippen LogP contribution in [0.1, 0.15) is 12.5 Å². The van der Waals surface area contributed by atoms with E-state index in [-0.39, 0.29) is 5.97 Å². The van der Waals surface area contributed by atoms with Gasteiger partial charge in [0.25, 0.3) is 0 Å². The molecule has 0 N–H and O–H groups in total. The largest absolute Gasteiger partial charge is 0.463 e. The molecule has 2 aromatic rings. The minimum absolute atomic E-state index is 0.321. The van der Waals surface area contributed by atoms with E-state index in [1.54, 1.807) is 6.92 Å². The zero-order valence-corrected chi connectivity index (χ0v) is 13.3. The van der Waals surface area contributed by atoms with E-state index in [4.69, 9.17) is 4.74 Å². The van der Waals surface area contributed by atoms with Crippen molar-refractivity contribution in [3.63, 3.8) is 0 Å². The molecule has 0 aliphatic heterocycles. The lowest BCUT2D eigenvalue weighted by molar-refractivity contribution is -0.137. The highest BCUT2D eigenvalue weighted by Gasteiger charge is 2.02. The Morgan fingerprint density at radius 2 is 1.68 bits per heavy atom. The number of hydrogen-bond donors (Lipinski definition) is 0. The Morgan fingerprint density at radius 1 is 1.05 bits per heavy atom. The fourth-order valence-corrected chi connectivity index (χ4v) is 2.64. The quantitative estimate of drug-likeness (QED) is 0.327. The summed E-state index contributed by atoms with van der Waals surface area (Å²) in [6, 6.07) is 19.9. The number of carbonyl (C=O) groups is 1. The van der Waals surface area contributed by atoms with Crippen LogP contribution in [0.25, 0.3) is 6.08 Å². The summed E-state index contributed by atoms with van der Waals surface area (Å²) >= 11 is 1.54. The second-order valence-electron chi connectivity index (χ2n) is 4.46. The van der Waals surface area contributed by atoms with Gasteiger partial charge in [-0.2, -0.15) is 0 Å². The number of benzene rings is 2. The van der Waals surface area contributed by atoms with E-state index in [9.17, 15) is 4.79 Å². The predicted molar refractivity (Wildman–Crippen MR) is 92.5 cm³/mol. The molecular weight excluding hydrogens is 292 g/mol. The van der Waals surface area contributed by atoms with Crippen LogP contribution in [-0.2, 0) is 9.53 Å². The Labute approximate surface area is 135 Å². The van der Waals surface area contributed by atoms with Gasteiger partial charge in [0.15, 0.2) is 0 Å². The van der Waals surface area contributed by atoms with Gasteiger partial charge < -0.3 is 4.74 Å². The summed E-state index contributed by atoms with van der Waals surface area (Å²) in [7, 11) is 0. The maximum atomic E-state index is 11.7. The number of carbonyl (C=O) groups excluding carboxylic acids is 1. The smallest absolute Gasteiger partial charge is 0.331 e. The van der Waals surface area contributed by atoms with Gasteiger partial charge >= 0.3 is 5.97 Å². The SMILES string of the molecule is CCOC(=O)/C=C(/C=C/c1ccccc1)Sc1ccccc1. The van der Waals surface area contributed by atoms with Crippen LogP contribution in [0.2, 0.25) is 0 Å². The van der Waals surface area contributed by atoms with Crippen LogP contribution in [0.3, 0.4) is 0 Å². The fourth-order valence-electron chi connectivity index (χ4n) is 1.78. The van der Waals surface area contributed by atoms with E-state index >= 15 is 0 Å². The van der Waals surface area contributed by atoms with Gasteiger partial charge in [-0.25, -0.2) is 4.79 Å². The van der Waals surface area contributed by atoms with Gasteiger partial charge in [0, 0.05) is 15.9 Å². The Hall–Kier alpha value is -2.26. The first kappa shape index (κ1) is 16.1. The van der Waals surface area contributed by atoms with Crippen LogP contribution in [0.4, 0.5) is 0 Å². The lowest BCUT2D eigenvalue weighted by atomic mass is 10.2. The highest BCUT2D eigenvalue weighted by Crippen LogP contribution is 2.27. The van der Waals surface area contributed by atoms with Gasteiger partial charge in [0.1, 0.15) is 0 Å². The Morgan fingerprint density at radius 3 is 2.32 bits per heavy atom. The molecule has 0 bridgehead atoms. The normalized spacial score (nSPS) is 11.6. The highest BCUT2D eigenvalue weighted by molar-refractivity contribution is 8.03. The van der Waals surface area contributed by atoms with Gasteiger partial charge in [-0.05, 0) is 30.7 Å². The summed E-state index contributed by atoms with van der Waals surface area (Å²) < 4.78 is 5.00. The third-order valence-corrected chi connectivity index (χ3v) is 3.76. The lowest BCUT2D eigenvalue weighted by Crippen LogP contribution is -1.99. The molecule has 0 saturated carbocycles. The van der Waals surface area contributed by atoms with Crippen LogP contribution in [0, 0.1) is 0 Å². The van der Waals surface area contributed by atoms with Crippen molar-refractivity contribution in [3.8, 4) is 0 Å². The van der Waals surface area contributed by atoms with E-state index in [0.717, 1.165) is 15.4 Å². The molecule has 0 fully saturated rings. The summed E-state index contributed by atoms with van der Waals surface area (Å²) in [4.78, 5) is 13.6. The van der Waals surface area contributed by atoms with Crippen molar-refractivity contribution in [3.05, 3.63) is 83.3 Å². The van der Waals surface area contributed by atoms with E-state index in [1.807, 2.05) is 72.8 Å². The molecule has 0 spiro atoms. The summed E-state index contributed by atoms with van der Waals surface area (Å²) in [5.41, 5.74) is 1.09. The summed E-state index contributed by atoms with van der Waals surface area (Å²) in [6.07, 6.45) is 5.45. The van der Waals surface area contributed by atoms with Crippen molar-refractivity contribution in [2.45, 2.75) is 11.8 Å². The molecule has 0 heterocycles. The third-order valence-electron chi connectivity index (χ3n) is 2.77. The minimum atomic E-state index is -0.321. The molecule has 2 nitrogen and oxygen atoms in total. The van der Waals surface area contributed by atoms with Crippen LogP contribution >= 0.6 is 11.8 Å². The molecule has 0 atom stereocenters. The van der Waals surface area contributed by atoms with Gasteiger partial charge in [0.05, 0.1) is 6.61 Å². The zero-order valence-electron chi connectivity index (χ0n) is 12.4. The monoisotopic (exact) mass is 310 g/mol. The Balaban J connectivity index is 2.18. The molecule has 112 valence electrons. The average molecular weight is 310 g/mol. The highest BCUT2D eigenvalue weighted by atomic mass is 32.2. The van der Waals surface area contributed by atoms with Gasteiger partial charge in [-0.1, -0.05) is 66.4 Å². The van der Waals surface area contributed by atoms with E-state index in [1.165, 1.54) is 17.8 Å². The van der Waals surface area contributed by atoms with Gasteiger partial charge in [0.2, 0.25) is 0 Å². The van der Waals surface area contributed by atoms with E-state index in [0.29, 0.717) is 6.61 Å². The van der Waals surface area contributed by atoms with Gasteiger partial charge in [-0.15, -0.1) is 0 Å². The molecular formula is C19H18O2S. The lowest BCUT2D eigenvalue weighted by Gasteiger charge is -2.03. The van der Waals surface area contributed by atoms with Crippen LogP contribution in [0.15, 0.2) is 82.6 Å². The summed E-state index contributed by atoms with van der Waals surface area (Å²) in [6.45, 7) is 2.18. The summed E-state index contributed by atoms with van der Waals surface area (Å²) in [5.74, 6) is -0.321. The number of esters is 1. The molecule has 0 unspecified atom stereocenters. The third kappa shape index (κ3) is 5.62. The first-order chi connectivity index (χ1) is 10.8. The molecule has 0 aliphatic carbocycles. The minimum Gasteiger partial charge on any atom is -0.463 e.